The van der Waals surface area contributed by atoms with Gasteiger partial charge in [-0.3, -0.25) is 4.90 Å². The van der Waals surface area contributed by atoms with Crippen LogP contribution < -0.4 is 0 Å². The van der Waals surface area contributed by atoms with Crippen LogP contribution in [0, 0.1) is 0 Å². The van der Waals surface area contributed by atoms with E-state index in [2.05, 4.69) is 89.8 Å². The second-order valence-corrected chi connectivity index (χ2v) is 6.99. The highest BCUT2D eigenvalue weighted by Crippen LogP contribution is 2.48. The van der Waals surface area contributed by atoms with Crippen molar-refractivity contribution < 1.29 is 5.11 Å². The van der Waals surface area contributed by atoms with Crippen LogP contribution in [0.25, 0.3) is 0 Å². The van der Waals surface area contributed by atoms with Gasteiger partial charge in [-0.15, -0.1) is 0 Å². The molecule has 132 valence electrons. The maximum atomic E-state index is 10.3. The maximum absolute atomic E-state index is 10.3. The quantitative estimate of drug-likeness (QED) is 0.679. The number of hydrogen-bond donors (Lipinski definition) is 1. The number of hydrogen-bond acceptors (Lipinski definition) is 2. The summed E-state index contributed by atoms with van der Waals surface area (Å²) in [5.41, 5.74) is 3.85. The summed E-state index contributed by atoms with van der Waals surface area (Å²) >= 11 is 0. The first-order valence-electron chi connectivity index (χ1n) is 9.41. The summed E-state index contributed by atoms with van der Waals surface area (Å²) in [6.07, 6.45) is 2.21. The summed E-state index contributed by atoms with van der Waals surface area (Å²) in [5, 5.41) is 10.3. The minimum absolute atomic E-state index is 0.00545. The zero-order valence-electron chi connectivity index (χ0n) is 14.9. The smallest absolute Gasteiger partial charge is 0.0629 e. The van der Waals surface area contributed by atoms with Gasteiger partial charge < -0.3 is 5.11 Å². The summed E-state index contributed by atoms with van der Waals surface area (Å²) in [6, 6.07) is 32.5. The van der Waals surface area contributed by atoms with E-state index in [9.17, 15) is 5.11 Å². The predicted molar refractivity (Wildman–Crippen MR) is 106 cm³/mol. The fourth-order valence-corrected chi connectivity index (χ4v) is 4.34. The van der Waals surface area contributed by atoms with Crippen molar-refractivity contribution in [1.82, 2.24) is 4.90 Å². The van der Waals surface area contributed by atoms with E-state index in [-0.39, 0.29) is 12.6 Å². The highest BCUT2D eigenvalue weighted by atomic mass is 16.3. The minimum atomic E-state index is -0.00545. The molecule has 0 aromatic heterocycles. The van der Waals surface area contributed by atoms with Gasteiger partial charge in [0.2, 0.25) is 0 Å². The Kier molecular flexibility index (Phi) is 5.14. The number of nitrogens with zero attached hydrogens (tertiary/aromatic N) is 1. The fourth-order valence-electron chi connectivity index (χ4n) is 4.34. The Hall–Kier alpha value is -2.42. The first-order chi connectivity index (χ1) is 12.9. The molecule has 0 bridgehead atoms. The van der Waals surface area contributed by atoms with Crippen molar-refractivity contribution in [3.63, 3.8) is 0 Å². The first-order valence-corrected chi connectivity index (χ1v) is 9.41. The van der Waals surface area contributed by atoms with E-state index in [1.807, 2.05) is 6.07 Å². The van der Waals surface area contributed by atoms with Crippen molar-refractivity contribution >= 4 is 0 Å². The van der Waals surface area contributed by atoms with Crippen molar-refractivity contribution in [1.29, 1.82) is 0 Å². The highest BCUT2D eigenvalue weighted by Gasteiger charge is 2.39. The monoisotopic (exact) mass is 343 g/mol. The molecule has 26 heavy (non-hydrogen) atoms. The molecule has 2 nitrogen and oxygen atoms in total. The molecule has 3 aromatic rings. The molecule has 0 amide bonds. The summed E-state index contributed by atoms with van der Waals surface area (Å²) in [5.74, 6) is 0. The molecule has 1 aliphatic rings. The second kappa shape index (κ2) is 7.86. The molecule has 1 saturated heterocycles. The van der Waals surface area contributed by atoms with E-state index in [1.54, 1.807) is 0 Å². The lowest BCUT2D eigenvalue weighted by molar-refractivity contribution is 0.0764. The largest absolute Gasteiger partial charge is 0.394 e. The predicted octanol–water partition coefficient (Wildman–Crippen LogP) is 5.30. The lowest BCUT2D eigenvalue weighted by atomic mass is 9.99. The van der Waals surface area contributed by atoms with Crippen LogP contribution in [0.3, 0.4) is 0 Å². The molecule has 4 rings (SSSR count). The number of aliphatic hydroxyl groups excluding tert-OH is 1. The Balaban J connectivity index is 1.76. The van der Waals surface area contributed by atoms with Crippen LogP contribution in [-0.2, 0) is 0 Å². The van der Waals surface area contributed by atoms with Crippen molar-refractivity contribution in [3.8, 4) is 0 Å². The lowest BCUT2D eigenvalue weighted by Gasteiger charge is -2.37. The van der Waals surface area contributed by atoms with Crippen molar-refractivity contribution in [2.45, 2.75) is 31.0 Å². The topological polar surface area (TPSA) is 23.5 Å². The van der Waals surface area contributed by atoms with Gasteiger partial charge in [-0.05, 0) is 29.5 Å². The van der Waals surface area contributed by atoms with E-state index >= 15 is 0 Å². The Morgan fingerprint density at radius 1 is 0.692 bits per heavy atom. The van der Waals surface area contributed by atoms with Gasteiger partial charge in [0.15, 0.2) is 0 Å². The van der Waals surface area contributed by atoms with Crippen LogP contribution in [0.15, 0.2) is 91.0 Å². The number of likely N-dealkylation sites (tertiary alicyclic amines) is 1. The summed E-state index contributed by atoms with van der Waals surface area (Å²) in [7, 11) is 0. The van der Waals surface area contributed by atoms with Crippen LogP contribution in [-0.4, -0.2) is 16.6 Å². The van der Waals surface area contributed by atoms with Gasteiger partial charge in [0.1, 0.15) is 0 Å². The molecule has 0 radical (unpaired) electrons. The molecule has 3 unspecified atom stereocenters. The molecule has 1 aliphatic heterocycles. The maximum Gasteiger partial charge on any atom is 0.0629 e. The van der Waals surface area contributed by atoms with Gasteiger partial charge in [-0.25, -0.2) is 0 Å². The zero-order valence-corrected chi connectivity index (χ0v) is 14.9. The van der Waals surface area contributed by atoms with Crippen LogP contribution in [0.2, 0.25) is 0 Å². The van der Waals surface area contributed by atoms with Crippen molar-refractivity contribution in [3.05, 3.63) is 108 Å². The van der Waals surface area contributed by atoms with Crippen molar-refractivity contribution in [2.75, 3.05) is 6.61 Å². The van der Waals surface area contributed by atoms with E-state index in [0.717, 1.165) is 12.8 Å². The second-order valence-electron chi connectivity index (χ2n) is 6.99. The van der Waals surface area contributed by atoms with Crippen LogP contribution >= 0.6 is 0 Å². The zero-order chi connectivity index (χ0) is 17.8. The molecule has 0 saturated carbocycles. The average molecular weight is 343 g/mol. The average Bonchev–Trinajstić information content (AvgIpc) is 3.16. The van der Waals surface area contributed by atoms with Gasteiger partial charge in [0, 0.05) is 12.1 Å². The summed E-state index contributed by atoms with van der Waals surface area (Å²) in [6.45, 7) is 0.122. The summed E-state index contributed by atoms with van der Waals surface area (Å²) < 4.78 is 0. The molecular weight excluding hydrogens is 318 g/mol. The fraction of sp³-hybridized carbons (Fsp3) is 0.250. The molecular formula is C24H25NO. The van der Waals surface area contributed by atoms with Gasteiger partial charge >= 0.3 is 0 Å². The highest BCUT2D eigenvalue weighted by molar-refractivity contribution is 5.28. The SMILES string of the molecule is OCC(c1ccccc1)N1C(c2ccccc2)CCC1c1ccccc1. The Morgan fingerprint density at radius 2 is 1.12 bits per heavy atom. The third-order valence-corrected chi connectivity index (χ3v) is 5.52. The molecule has 3 aromatic carbocycles. The molecule has 2 heteroatoms. The minimum Gasteiger partial charge on any atom is -0.394 e. The third-order valence-electron chi connectivity index (χ3n) is 5.52. The number of aliphatic hydroxyl groups is 1. The Bertz CT molecular complexity index is 756. The standard InChI is InChI=1S/C24H25NO/c26-18-24(21-14-8-3-9-15-21)25-22(19-10-4-1-5-11-19)16-17-23(25)20-12-6-2-7-13-20/h1-15,22-24,26H,16-18H2. The van der Waals surface area contributed by atoms with Gasteiger partial charge in [-0.1, -0.05) is 91.0 Å². The number of rotatable bonds is 5. The van der Waals surface area contributed by atoms with Gasteiger partial charge in [-0.2, -0.15) is 0 Å². The molecule has 1 fully saturated rings. The van der Waals surface area contributed by atoms with E-state index in [1.165, 1.54) is 16.7 Å². The van der Waals surface area contributed by atoms with Gasteiger partial charge in [0.05, 0.1) is 12.6 Å². The van der Waals surface area contributed by atoms with Gasteiger partial charge in [0.25, 0.3) is 0 Å². The molecule has 3 atom stereocenters. The van der Waals surface area contributed by atoms with E-state index in [4.69, 9.17) is 0 Å². The van der Waals surface area contributed by atoms with Crippen LogP contribution in [0.1, 0.15) is 47.7 Å². The van der Waals surface area contributed by atoms with E-state index in [0.29, 0.717) is 12.1 Å². The molecule has 0 spiro atoms. The molecule has 1 N–H and O–H groups in total. The van der Waals surface area contributed by atoms with E-state index < -0.39 is 0 Å². The first kappa shape index (κ1) is 17.0. The lowest BCUT2D eigenvalue weighted by Crippen LogP contribution is -2.33. The van der Waals surface area contributed by atoms with Crippen LogP contribution in [0.4, 0.5) is 0 Å². The Labute approximate surface area is 155 Å². The summed E-state index contributed by atoms with van der Waals surface area (Å²) in [4.78, 5) is 2.53. The third kappa shape index (κ3) is 3.31. The molecule has 0 aliphatic carbocycles. The number of benzene rings is 3. The normalized spacial score (nSPS) is 21.6. The molecule has 1 heterocycles. The van der Waals surface area contributed by atoms with Crippen molar-refractivity contribution in [2.24, 2.45) is 0 Å². The Morgan fingerprint density at radius 3 is 1.54 bits per heavy atom. The van der Waals surface area contributed by atoms with Crippen LogP contribution in [0.5, 0.6) is 0 Å².